The predicted octanol–water partition coefficient (Wildman–Crippen LogP) is 2.73. The third-order valence-electron chi connectivity index (χ3n) is 7.78. The number of hydrogen-bond acceptors (Lipinski definition) is 9. The molecule has 0 unspecified atom stereocenters. The summed E-state index contributed by atoms with van der Waals surface area (Å²) >= 11 is 0. The first-order chi connectivity index (χ1) is 18.3. The Morgan fingerprint density at radius 2 is 1.62 bits per heavy atom. The molecule has 0 aromatic carbocycles. The van der Waals surface area contributed by atoms with Crippen molar-refractivity contribution in [2.75, 3.05) is 18.8 Å². The summed E-state index contributed by atoms with van der Waals surface area (Å²) in [5.74, 6) is -0.184. The maximum absolute atomic E-state index is 13.2. The van der Waals surface area contributed by atoms with Crippen LogP contribution < -0.4 is 10.8 Å². The van der Waals surface area contributed by atoms with Crippen molar-refractivity contribution in [1.29, 1.82) is 0 Å². The van der Waals surface area contributed by atoms with E-state index in [0.717, 1.165) is 0 Å². The molecule has 0 radical (unpaired) electrons. The number of aromatic nitrogens is 2. The van der Waals surface area contributed by atoms with Crippen LogP contribution in [0.1, 0.15) is 81.6 Å². The number of nitrogens with zero attached hydrogens (tertiary/aromatic N) is 3. The van der Waals surface area contributed by atoms with Crippen molar-refractivity contribution in [3.63, 3.8) is 0 Å². The van der Waals surface area contributed by atoms with Crippen LogP contribution in [0.5, 0.6) is 0 Å². The number of likely N-dealkylation sites (tertiary alicyclic amines) is 1. The Bertz CT molecular complexity index is 1140. The van der Waals surface area contributed by atoms with Gasteiger partial charge in [-0.05, 0) is 79.6 Å². The monoisotopic (exact) mass is 580 g/mol. The molecule has 1 aromatic heterocycles. The average Bonchev–Trinajstić information content (AvgIpc) is 3.06. The lowest BCUT2D eigenvalue weighted by molar-refractivity contribution is -0.136. The molecule has 11 nitrogen and oxygen atoms in total. The van der Waals surface area contributed by atoms with Crippen molar-refractivity contribution in [1.82, 2.24) is 20.2 Å². The van der Waals surface area contributed by atoms with Gasteiger partial charge >= 0.3 is 13.2 Å². The van der Waals surface area contributed by atoms with E-state index in [2.05, 4.69) is 15.3 Å². The molecule has 3 heterocycles. The summed E-state index contributed by atoms with van der Waals surface area (Å²) in [6.07, 6.45) is 4.09. The van der Waals surface area contributed by atoms with E-state index < -0.39 is 45.9 Å². The number of ether oxygens (including phenoxy) is 1. The van der Waals surface area contributed by atoms with Gasteiger partial charge in [0.05, 0.1) is 17.0 Å². The van der Waals surface area contributed by atoms with Crippen molar-refractivity contribution >= 4 is 34.4 Å². The van der Waals surface area contributed by atoms with Gasteiger partial charge in [-0.25, -0.2) is 23.2 Å². The zero-order valence-electron chi connectivity index (χ0n) is 25.3. The Morgan fingerprint density at radius 3 is 2.10 bits per heavy atom. The predicted molar refractivity (Wildman–Crippen MR) is 152 cm³/mol. The number of hydrogen-bond donors (Lipinski definition) is 1. The van der Waals surface area contributed by atoms with Crippen molar-refractivity contribution in [3.8, 4) is 0 Å². The van der Waals surface area contributed by atoms with Crippen LogP contribution in [-0.4, -0.2) is 84.1 Å². The third-order valence-corrected chi connectivity index (χ3v) is 9.32. The largest absolute Gasteiger partial charge is 0.498 e. The van der Waals surface area contributed by atoms with Crippen LogP contribution in [0.15, 0.2) is 17.6 Å². The van der Waals surface area contributed by atoms with Gasteiger partial charge in [-0.1, -0.05) is 13.8 Å². The maximum atomic E-state index is 13.2. The van der Waals surface area contributed by atoms with Gasteiger partial charge in [0.2, 0.25) is 20.9 Å². The summed E-state index contributed by atoms with van der Waals surface area (Å²) in [6.45, 7) is 17.8. The van der Waals surface area contributed by atoms with E-state index in [4.69, 9.17) is 14.0 Å². The van der Waals surface area contributed by atoms with Crippen molar-refractivity contribution in [2.24, 2.45) is 11.8 Å². The maximum Gasteiger partial charge on any atom is 0.498 e. The summed E-state index contributed by atoms with van der Waals surface area (Å²) < 4.78 is 43.2. The summed E-state index contributed by atoms with van der Waals surface area (Å²) in [5.41, 5.74) is -1.14. The molecule has 1 N–H and O–H groups in total. The molecule has 0 spiro atoms. The summed E-state index contributed by atoms with van der Waals surface area (Å²) in [7, 11) is -4.34. The number of alkyl carbamates (subject to hydrolysis) is 1. The van der Waals surface area contributed by atoms with Crippen LogP contribution in [0.4, 0.5) is 4.79 Å². The second-order valence-corrected chi connectivity index (χ2v) is 15.1. The van der Waals surface area contributed by atoms with E-state index in [1.165, 1.54) is 12.4 Å². The van der Waals surface area contributed by atoms with E-state index in [1.807, 2.05) is 41.5 Å². The molecular formula is C27H45BN4O7S. The molecule has 2 aliphatic heterocycles. The molecular weight excluding hydrogens is 535 g/mol. The highest BCUT2D eigenvalue weighted by Gasteiger charge is 2.52. The zero-order valence-corrected chi connectivity index (χ0v) is 26.1. The zero-order chi connectivity index (χ0) is 30.1. The fraction of sp³-hybridized carbons (Fsp3) is 0.778. The Morgan fingerprint density at radius 1 is 1.10 bits per heavy atom. The minimum atomic E-state index is -3.67. The second-order valence-electron chi connectivity index (χ2n) is 13.1. The Balaban J connectivity index is 1.51. The number of piperidine rings is 1. The second kappa shape index (κ2) is 11.9. The van der Waals surface area contributed by atoms with Crippen LogP contribution in [0.3, 0.4) is 0 Å². The first-order valence-electron chi connectivity index (χ1n) is 14.0. The lowest BCUT2D eigenvalue weighted by atomic mass is 9.81. The SMILES string of the molecule is CC(C)[C@@H](NC(=O)OC(C)(C)C)C(=O)N1CCC(CCS(=O)(=O)c2ncc(B3OC(C)(C)C(C)(C)O3)cn2)CC1. The minimum absolute atomic E-state index is 0.0731. The van der Waals surface area contributed by atoms with Crippen LogP contribution in [0.2, 0.25) is 0 Å². The highest BCUT2D eigenvalue weighted by atomic mass is 32.2. The number of carbonyl (C=O) groups is 2. The molecule has 3 rings (SSSR count). The van der Waals surface area contributed by atoms with E-state index in [-0.39, 0.29) is 28.7 Å². The number of sulfone groups is 1. The molecule has 0 aliphatic carbocycles. The molecule has 2 fully saturated rings. The standard InChI is InChI=1S/C27H45BN4O7S/c1-18(2)21(31-24(34)37-25(3,4)5)22(33)32-13-10-19(11-14-32)12-15-40(35,36)23-29-16-20(17-30-23)28-38-26(6,7)27(8,9)39-28/h16-19,21H,10-15H2,1-9H3,(H,31,34)/t21-/m1/s1. The number of rotatable bonds is 8. The van der Waals surface area contributed by atoms with Gasteiger partial charge in [0.1, 0.15) is 11.6 Å². The number of amides is 2. The lowest BCUT2D eigenvalue weighted by Gasteiger charge is -2.35. The molecule has 1 atom stereocenters. The first kappa shape index (κ1) is 32.3. The highest BCUT2D eigenvalue weighted by molar-refractivity contribution is 7.91. The smallest absolute Gasteiger partial charge is 0.444 e. The van der Waals surface area contributed by atoms with Crippen LogP contribution in [0.25, 0.3) is 0 Å². The average molecular weight is 581 g/mol. The summed E-state index contributed by atoms with van der Waals surface area (Å²) in [5, 5.41) is 2.50. The topological polar surface area (TPSA) is 137 Å². The quantitative estimate of drug-likeness (QED) is 0.364. The third kappa shape index (κ3) is 7.94. The molecule has 13 heteroatoms. The number of carbonyl (C=O) groups excluding carboxylic acids is 2. The molecule has 2 saturated heterocycles. The van der Waals surface area contributed by atoms with Gasteiger partial charge in [-0.2, -0.15) is 0 Å². The lowest BCUT2D eigenvalue weighted by Crippen LogP contribution is -2.53. The fourth-order valence-electron chi connectivity index (χ4n) is 4.59. The van der Waals surface area contributed by atoms with Crippen molar-refractivity contribution < 1.29 is 32.1 Å². The fourth-order valence-corrected chi connectivity index (χ4v) is 5.84. The minimum Gasteiger partial charge on any atom is -0.444 e. The van der Waals surface area contributed by atoms with E-state index in [0.29, 0.717) is 37.8 Å². The normalized spacial score (nSPS) is 20.4. The molecule has 1 aromatic rings. The van der Waals surface area contributed by atoms with Gasteiger partial charge in [-0.3, -0.25) is 4.79 Å². The number of nitrogens with one attached hydrogen (secondary N) is 1. The summed E-state index contributed by atoms with van der Waals surface area (Å²) in [4.78, 5) is 35.4. The Hall–Kier alpha value is -2.25. The van der Waals surface area contributed by atoms with Gasteiger partial charge in [0.15, 0.2) is 0 Å². The molecule has 2 aliphatic rings. The Kier molecular flexibility index (Phi) is 9.63. The van der Waals surface area contributed by atoms with Gasteiger partial charge in [0, 0.05) is 30.9 Å². The Labute approximate surface area is 239 Å². The van der Waals surface area contributed by atoms with E-state index in [9.17, 15) is 18.0 Å². The molecule has 0 saturated carbocycles. The van der Waals surface area contributed by atoms with Crippen LogP contribution in [0, 0.1) is 11.8 Å². The summed E-state index contributed by atoms with van der Waals surface area (Å²) in [6, 6.07) is -0.691. The van der Waals surface area contributed by atoms with E-state index in [1.54, 1.807) is 25.7 Å². The van der Waals surface area contributed by atoms with E-state index >= 15 is 0 Å². The molecule has 40 heavy (non-hydrogen) atoms. The molecule has 2 amide bonds. The van der Waals surface area contributed by atoms with Gasteiger partial charge < -0.3 is 24.3 Å². The highest BCUT2D eigenvalue weighted by Crippen LogP contribution is 2.36. The van der Waals surface area contributed by atoms with Crippen LogP contribution in [-0.2, 0) is 28.7 Å². The van der Waals surface area contributed by atoms with Crippen molar-refractivity contribution in [2.45, 2.75) is 110 Å². The van der Waals surface area contributed by atoms with Gasteiger partial charge in [-0.15, -0.1) is 0 Å². The van der Waals surface area contributed by atoms with Crippen molar-refractivity contribution in [3.05, 3.63) is 12.4 Å². The molecule has 0 bridgehead atoms. The molecule has 224 valence electrons. The van der Waals surface area contributed by atoms with Crippen LogP contribution >= 0.6 is 0 Å². The first-order valence-corrected chi connectivity index (χ1v) is 15.7. The van der Waals surface area contributed by atoms with Gasteiger partial charge in [0.25, 0.3) is 0 Å².